The predicted molar refractivity (Wildman–Crippen MR) is 103 cm³/mol. The smallest absolute Gasteiger partial charge is 0.345 e. The van der Waals surface area contributed by atoms with Crippen molar-refractivity contribution in [2.24, 2.45) is 0 Å². The molecule has 2 aromatic carbocycles. The number of aromatic nitrogens is 1. The zero-order chi connectivity index (χ0) is 19.7. The van der Waals surface area contributed by atoms with Gasteiger partial charge in [-0.3, -0.25) is 4.79 Å². The summed E-state index contributed by atoms with van der Waals surface area (Å²) in [6.07, 6.45) is 0.600. The minimum absolute atomic E-state index is 0.244. The molecule has 0 aliphatic heterocycles. The summed E-state index contributed by atoms with van der Waals surface area (Å²) in [5, 5.41) is 20.2. The largest absolute Gasteiger partial charge is 0.506 e. The summed E-state index contributed by atoms with van der Waals surface area (Å²) >= 11 is 0. The highest BCUT2D eigenvalue weighted by atomic mass is 16.5. The second-order valence-corrected chi connectivity index (χ2v) is 6.67. The zero-order valence-electron chi connectivity index (χ0n) is 15.4. The lowest BCUT2D eigenvalue weighted by Crippen LogP contribution is -2.28. The first-order chi connectivity index (χ1) is 12.8. The van der Waals surface area contributed by atoms with Crippen LogP contribution in [0, 0.1) is 0 Å². The molecule has 1 aromatic heterocycles. The molecule has 0 saturated heterocycles. The lowest BCUT2D eigenvalue weighted by molar-refractivity contribution is 0.0691. The Morgan fingerprint density at radius 2 is 1.74 bits per heavy atom. The summed E-state index contributed by atoms with van der Waals surface area (Å²) in [5.74, 6) is -1.16. The molecule has 27 heavy (non-hydrogen) atoms. The number of methoxy groups -OCH3 is 1. The number of rotatable bonds is 5. The highest BCUT2D eigenvalue weighted by molar-refractivity contribution is 5.98. The third-order valence-corrected chi connectivity index (χ3v) is 4.54. The van der Waals surface area contributed by atoms with E-state index in [0.29, 0.717) is 17.3 Å². The highest BCUT2D eigenvalue weighted by Crippen LogP contribution is 2.29. The van der Waals surface area contributed by atoms with E-state index in [1.54, 1.807) is 33.1 Å². The van der Waals surface area contributed by atoms with Crippen molar-refractivity contribution in [2.45, 2.75) is 26.3 Å². The molecule has 1 heterocycles. The van der Waals surface area contributed by atoms with E-state index in [1.807, 2.05) is 30.3 Å². The third-order valence-electron chi connectivity index (χ3n) is 4.54. The van der Waals surface area contributed by atoms with Crippen molar-refractivity contribution in [3.05, 3.63) is 69.5 Å². The normalized spacial score (nSPS) is 11.1. The minimum atomic E-state index is -1.44. The lowest BCUT2D eigenvalue weighted by atomic mass is 10.0. The molecule has 6 heteroatoms. The molecule has 0 aliphatic rings. The number of benzene rings is 2. The number of fused-ring (bicyclic) bond motifs is 1. The minimum Gasteiger partial charge on any atom is -0.506 e. The Hall–Kier alpha value is -3.28. The maximum atomic E-state index is 12.5. The average Bonchev–Trinajstić information content (AvgIpc) is 2.62. The highest BCUT2D eigenvalue weighted by Gasteiger charge is 2.22. The summed E-state index contributed by atoms with van der Waals surface area (Å²) < 4.78 is 6.55. The van der Waals surface area contributed by atoms with Crippen LogP contribution in [-0.4, -0.2) is 27.9 Å². The summed E-state index contributed by atoms with van der Waals surface area (Å²) in [5.41, 5.74) is 1.15. The van der Waals surface area contributed by atoms with Gasteiger partial charge in [0.2, 0.25) is 0 Å². The van der Waals surface area contributed by atoms with Crippen molar-refractivity contribution >= 4 is 16.9 Å². The molecule has 0 radical (unpaired) electrons. The van der Waals surface area contributed by atoms with Crippen LogP contribution < -0.4 is 10.3 Å². The molecule has 0 atom stereocenters. The Morgan fingerprint density at radius 1 is 1.11 bits per heavy atom. The fourth-order valence-corrected chi connectivity index (χ4v) is 3.24. The monoisotopic (exact) mass is 367 g/mol. The van der Waals surface area contributed by atoms with E-state index in [2.05, 4.69) is 0 Å². The number of aromatic carboxylic acids is 1. The SMILES string of the molecule is COc1ccc(Cc2ccc3c(c2)c(O)c(C(=O)O)c(=O)n3C(C)C)cc1. The molecule has 0 bridgehead atoms. The Kier molecular flexibility index (Phi) is 4.90. The fraction of sp³-hybridized carbons (Fsp3) is 0.238. The Bertz CT molecular complexity index is 1060. The van der Waals surface area contributed by atoms with Crippen molar-refractivity contribution in [2.75, 3.05) is 7.11 Å². The summed E-state index contributed by atoms with van der Waals surface area (Å²) in [6, 6.07) is 12.7. The van der Waals surface area contributed by atoms with Crippen molar-refractivity contribution in [1.82, 2.24) is 4.57 Å². The molecular weight excluding hydrogens is 346 g/mol. The number of pyridine rings is 1. The van der Waals surface area contributed by atoms with E-state index in [9.17, 15) is 19.8 Å². The molecular formula is C21H21NO5. The van der Waals surface area contributed by atoms with Gasteiger partial charge in [0.05, 0.1) is 12.6 Å². The van der Waals surface area contributed by atoms with Gasteiger partial charge < -0.3 is 19.5 Å². The lowest BCUT2D eigenvalue weighted by Gasteiger charge is -2.17. The van der Waals surface area contributed by atoms with Gasteiger partial charge in [-0.2, -0.15) is 0 Å². The van der Waals surface area contributed by atoms with Crippen LogP contribution in [0.2, 0.25) is 0 Å². The Labute approximate surface area is 156 Å². The van der Waals surface area contributed by atoms with Crippen molar-refractivity contribution in [3.63, 3.8) is 0 Å². The number of hydrogen-bond donors (Lipinski definition) is 2. The maximum absolute atomic E-state index is 12.5. The van der Waals surface area contributed by atoms with Crippen LogP contribution in [0.1, 0.15) is 41.4 Å². The molecule has 0 amide bonds. The van der Waals surface area contributed by atoms with E-state index < -0.39 is 22.8 Å². The standard InChI is InChI=1S/C21H21NO5/c1-12(2)22-17-9-6-14(10-13-4-7-15(27-3)8-5-13)11-16(17)19(23)18(20(22)24)21(25)26/h4-9,11-12,23H,10H2,1-3H3,(H,25,26). The number of aromatic hydroxyl groups is 1. The van der Waals surface area contributed by atoms with E-state index in [4.69, 9.17) is 4.74 Å². The molecule has 0 unspecified atom stereocenters. The molecule has 0 fully saturated rings. The van der Waals surface area contributed by atoms with Gasteiger partial charge in [0.25, 0.3) is 5.56 Å². The van der Waals surface area contributed by atoms with Gasteiger partial charge in [0.15, 0.2) is 5.56 Å². The molecule has 3 aromatic rings. The van der Waals surface area contributed by atoms with Gasteiger partial charge >= 0.3 is 5.97 Å². The van der Waals surface area contributed by atoms with E-state index in [0.717, 1.165) is 16.9 Å². The van der Waals surface area contributed by atoms with Gasteiger partial charge in [-0.05, 0) is 55.7 Å². The summed E-state index contributed by atoms with van der Waals surface area (Å²) in [6.45, 7) is 3.60. The molecule has 140 valence electrons. The van der Waals surface area contributed by atoms with Crippen molar-refractivity contribution in [1.29, 1.82) is 0 Å². The second kappa shape index (κ2) is 7.15. The van der Waals surface area contributed by atoms with Crippen molar-refractivity contribution < 1.29 is 19.7 Å². The van der Waals surface area contributed by atoms with Crippen molar-refractivity contribution in [3.8, 4) is 11.5 Å². The molecule has 3 rings (SSSR count). The van der Waals surface area contributed by atoms with E-state index in [-0.39, 0.29) is 6.04 Å². The van der Waals surface area contributed by atoms with Gasteiger partial charge in [-0.1, -0.05) is 18.2 Å². The quantitative estimate of drug-likeness (QED) is 0.719. The first-order valence-corrected chi connectivity index (χ1v) is 8.59. The zero-order valence-corrected chi connectivity index (χ0v) is 15.4. The van der Waals surface area contributed by atoms with Crippen LogP contribution in [0.4, 0.5) is 0 Å². The van der Waals surface area contributed by atoms with Crippen LogP contribution in [0.5, 0.6) is 11.5 Å². The average molecular weight is 367 g/mol. The third kappa shape index (κ3) is 3.38. The Balaban J connectivity index is 2.15. The first kappa shape index (κ1) is 18.5. The predicted octanol–water partition coefficient (Wildman–Crippen LogP) is 3.59. The maximum Gasteiger partial charge on any atom is 0.345 e. The summed E-state index contributed by atoms with van der Waals surface area (Å²) in [4.78, 5) is 24.0. The summed E-state index contributed by atoms with van der Waals surface area (Å²) in [7, 11) is 1.61. The molecule has 0 spiro atoms. The second-order valence-electron chi connectivity index (χ2n) is 6.67. The molecule has 2 N–H and O–H groups in total. The van der Waals surface area contributed by atoms with E-state index in [1.165, 1.54) is 4.57 Å². The topological polar surface area (TPSA) is 88.8 Å². The first-order valence-electron chi connectivity index (χ1n) is 8.59. The number of hydrogen-bond acceptors (Lipinski definition) is 4. The number of ether oxygens (including phenoxy) is 1. The van der Waals surface area contributed by atoms with Gasteiger partial charge in [0, 0.05) is 11.4 Å². The van der Waals surface area contributed by atoms with Gasteiger partial charge in [-0.25, -0.2) is 4.79 Å². The van der Waals surface area contributed by atoms with Crippen LogP contribution in [0.3, 0.4) is 0 Å². The molecule has 0 aliphatic carbocycles. The number of nitrogens with zero attached hydrogens (tertiary/aromatic N) is 1. The van der Waals surface area contributed by atoms with Crippen LogP contribution in [0.25, 0.3) is 10.9 Å². The fourth-order valence-electron chi connectivity index (χ4n) is 3.24. The van der Waals surface area contributed by atoms with Crippen LogP contribution in [0.15, 0.2) is 47.3 Å². The van der Waals surface area contributed by atoms with Gasteiger partial charge in [-0.15, -0.1) is 0 Å². The number of carbonyl (C=O) groups is 1. The van der Waals surface area contributed by atoms with E-state index >= 15 is 0 Å². The van der Waals surface area contributed by atoms with Crippen LogP contribution >= 0.6 is 0 Å². The van der Waals surface area contributed by atoms with Crippen LogP contribution in [-0.2, 0) is 6.42 Å². The molecule has 6 nitrogen and oxygen atoms in total. The van der Waals surface area contributed by atoms with Gasteiger partial charge in [0.1, 0.15) is 11.5 Å². The molecule has 0 saturated carbocycles. The number of carboxylic acids is 1. The Morgan fingerprint density at radius 3 is 2.30 bits per heavy atom. The number of carboxylic acid groups (broad SMARTS) is 1.